The maximum atomic E-state index is 11.7. The summed E-state index contributed by atoms with van der Waals surface area (Å²) in [5, 5.41) is 14.1. The van der Waals surface area contributed by atoms with Gasteiger partial charge in [-0.3, -0.25) is 0 Å². The third kappa shape index (κ3) is 6.61. The molecule has 0 aliphatic rings. The highest BCUT2D eigenvalue weighted by Crippen LogP contribution is 2.11. The lowest BCUT2D eigenvalue weighted by atomic mass is 9.98. The van der Waals surface area contributed by atoms with Gasteiger partial charge in [-0.05, 0) is 35.6 Å². The smallest absolute Gasteiger partial charge is 0.328 e. The average Bonchev–Trinajstić information content (AvgIpc) is 2.43. The van der Waals surface area contributed by atoms with E-state index in [4.69, 9.17) is 5.11 Å². The van der Waals surface area contributed by atoms with Crippen LogP contribution in [-0.2, 0) is 4.79 Å². The predicted molar refractivity (Wildman–Crippen MR) is 84.1 cm³/mol. The highest BCUT2D eigenvalue weighted by Gasteiger charge is 2.08. The number of carbonyl (C=O) groups is 2. The van der Waals surface area contributed by atoms with Gasteiger partial charge in [-0.1, -0.05) is 32.9 Å². The summed E-state index contributed by atoms with van der Waals surface area (Å²) in [6.45, 7) is 6.96. The minimum Gasteiger partial charge on any atom is -0.478 e. The zero-order valence-electron chi connectivity index (χ0n) is 12.6. The van der Waals surface area contributed by atoms with Gasteiger partial charge in [-0.2, -0.15) is 0 Å². The summed E-state index contributed by atoms with van der Waals surface area (Å²) >= 11 is 0. The molecule has 2 amide bonds. The fraction of sp³-hybridized carbons (Fsp3) is 0.375. The fourth-order valence-corrected chi connectivity index (χ4v) is 1.51. The summed E-state index contributed by atoms with van der Waals surface area (Å²) in [5.74, 6) is -0.0549. The molecular weight excluding hydrogens is 268 g/mol. The third-order valence-electron chi connectivity index (χ3n) is 3.31. The Kier molecular flexibility index (Phi) is 6.46. The topological polar surface area (TPSA) is 78.4 Å². The number of nitrogens with one attached hydrogen (secondary N) is 2. The Morgan fingerprint density at radius 2 is 1.81 bits per heavy atom. The van der Waals surface area contributed by atoms with E-state index in [-0.39, 0.29) is 6.03 Å². The molecule has 0 saturated heterocycles. The first-order valence-electron chi connectivity index (χ1n) is 6.94. The van der Waals surface area contributed by atoms with E-state index in [0.717, 1.165) is 11.6 Å². The van der Waals surface area contributed by atoms with Crippen molar-refractivity contribution in [2.75, 3.05) is 11.9 Å². The molecule has 0 spiro atoms. The van der Waals surface area contributed by atoms with Crippen LogP contribution in [0.25, 0.3) is 6.08 Å². The van der Waals surface area contributed by atoms with Crippen LogP contribution in [0.3, 0.4) is 0 Å². The van der Waals surface area contributed by atoms with Crippen molar-refractivity contribution in [1.82, 2.24) is 5.32 Å². The van der Waals surface area contributed by atoms with Gasteiger partial charge in [0.05, 0.1) is 0 Å². The molecule has 0 bridgehead atoms. The van der Waals surface area contributed by atoms with Gasteiger partial charge in [0.1, 0.15) is 0 Å². The molecule has 1 aromatic carbocycles. The summed E-state index contributed by atoms with van der Waals surface area (Å²) in [5.41, 5.74) is 1.42. The third-order valence-corrected chi connectivity index (χ3v) is 3.31. The molecular formula is C16H22N2O3. The SMILES string of the molecule is CC(C)C(C)CNC(=O)Nc1ccc(C=CC(=O)O)cc1. The van der Waals surface area contributed by atoms with Crippen LogP contribution in [0.2, 0.25) is 0 Å². The Morgan fingerprint density at radius 3 is 2.33 bits per heavy atom. The van der Waals surface area contributed by atoms with Crippen LogP contribution in [0.1, 0.15) is 26.3 Å². The van der Waals surface area contributed by atoms with Crippen molar-refractivity contribution in [3.63, 3.8) is 0 Å². The minimum absolute atomic E-state index is 0.240. The standard InChI is InChI=1S/C16H22N2O3/c1-11(2)12(3)10-17-16(21)18-14-7-4-13(5-8-14)6-9-15(19)20/h4-9,11-12H,10H2,1-3H3,(H,19,20)(H2,17,18,21). The van der Waals surface area contributed by atoms with Gasteiger partial charge < -0.3 is 15.7 Å². The van der Waals surface area contributed by atoms with Crippen molar-refractivity contribution in [2.45, 2.75) is 20.8 Å². The number of amides is 2. The highest BCUT2D eigenvalue weighted by atomic mass is 16.4. The second kappa shape index (κ2) is 8.09. The van der Waals surface area contributed by atoms with Crippen LogP contribution in [0.4, 0.5) is 10.5 Å². The molecule has 0 radical (unpaired) electrons. The molecule has 1 unspecified atom stereocenters. The molecule has 0 saturated carbocycles. The number of aliphatic carboxylic acids is 1. The summed E-state index contributed by atoms with van der Waals surface area (Å²) in [6.07, 6.45) is 2.57. The molecule has 0 heterocycles. The van der Waals surface area contributed by atoms with E-state index in [2.05, 4.69) is 31.4 Å². The summed E-state index contributed by atoms with van der Waals surface area (Å²) in [6, 6.07) is 6.70. The van der Waals surface area contributed by atoms with Gasteiger partial charge in [-0.25, -0.2) is 9.59 Å². The Labute approximate surface area is 125 Å². The average molecular weight is 290 g/mol. The number of carboxylic acids is 1. The maximum absolute atomic E-state index is 11.7. The van der Waals surface area contributed by atoms with Crippen molar-refractivity contribution in [3.8, 4) is 0 Å². The molecule has 3 N–H and O–H groups in total. The van der Waals surface area contributed by atoms with Gasteiger partial charge in [0, 0.05) is 18.3 Å². The van der Waals surface area contributed by atoms with E-state index in [0.29, 0.717) is 24.1 Å². The van der Waals surface area contributed by atoms with E-state index < -0.39 is 5.97 Å². The normalized spacial score (nSPS) is 12.4. The summed E-state index contributed by atoms with van der Waals surface area (Å²) < 4.78 is 0. The Hall–Kier alpha value is -2.30. The van der Waals surface area contributed by atoms with E-state index in [1.807, 2.05) is 0 Å². The van der Waals surface area contributed by atoms with E-state index in [1.165, 1.54) is 6.08 Å². The number of hydrogen-bond donors (Lipinski definition) is 3. The van der Waals surface area contributed by atoms with Gasteiger partial charge >= 0.3 is 12.0 Å². The molecule has 0 aromatic heterocycles. The highest BCUT2D eigenvalue weighted by molar-refractivity contribution is 5.89. The Balaban J connectivity index is 2.48. The van der Waals surface area contributed by atoms with Gasteiger partial charge in [0.2, 0.25) is 0 Å². The molecule has 5 nitrogen and oxygen atoms in total. The fourth-order valence-electron chi connectivity index (χ4n) is 1.51. The second-order valence-electron chi connectivity index (χ2n) is 5.35. The molecule has 5 heteroatoms. The van der Waals surface area contributed by atoms with Gasteiger partial charge in [0.15, 0.2) is 0 Å². The number of rotatable bonds is 6. The number of benzene rings is 1. The number of carbonyl (C=O) groups excluding carboxylic acids is 1. The predicted octanol–water partition coefficient (Wildman–Crippen LogP) is 3.20. The monoisotopic (exact) mass is 290 g/mol. The first-order valence-corrected chi connectivity index (χ1v) is 6.94. The number of urea groups is 1. The molecule has 0 aliphatic heterocycles. The quantitative estimate of drug-likeness (QED) is 0.704. The van der Waals surface area contributed by atoms with Crippen LogP contribution in [-0.4, -0.2) is 23.7 Å². The van der Waals surface area contributed by atoms with Crippen LogP contribution in [0, 0.1) is 11.8 Å². The summed E-state index contributed by atoms with van der Waals surface area (Å²) in [4.78, 5) is 22.1. The number of hydrogen-bond acceptors (Lipinski definition) is 2. The van der Waals surface area contributed by atoms with Crippen molar-refractivity contribution in [2.24, 2.45) is 11.8 Å². The Morgan fingerprint density at radius 1 is 1.19 bits per heavy atom. The molecule has 1 aromatic rings. The van der Waals surface area contributed by atoms with Crippen LogP contribution in [0.15, 0.2) is 30.3 Å². The van der Waals surface area contributed by atoms with Crippen molar-refractivity contribution < 1.29 is 14.7 Å². The van der Waals surface area contributed by atoms with Crippen molar-refractivity contribution in [1.29, 1.82) is 0 Å². The molecule has 1 rings (SSSR count). The van der Waals surface area contributed by atoms with Crippen molar-refractivity contribution >= 4 is 23.8 Å². The largest absolute Gasteiger partial charge is 0.478 e. The first kappa shape index (κ1) is 16.8. The molecule has 0 aliphatic carbocycles. The number of carboxylic acid groups (broad SMARTS) is 1. The second-order valence-corrected chi connectivity index (χ2v) is 5.35. The maximum Gasteiger partial charge on any atom is 0.328 e. The van der Waals surface area contributed by atoms with Crippen LogP contribution in [0.5, 0.6) is 0 Å². The van der Waals surface area contributed by atoms with E-state index in [9.17, 15) is 9.59 Å². The lowest BCUT2D eigenvalue weighted by molar-refractivity contribution is -0.131. The lowest BCUT2D eigenvalue weighted by Crippen LogP contribution is -2.33. The number of anilines is 1. The molecule has 21 heavy (non-hydrogen) atoms. The van der Waals surface area contributed by atoms with Crippen LogP contribution < -0.4 is 10.6 Å². The zero-order valence-corrected chi connectivity index (χ0v) is 12.6. The molecule has 0 fully saturated rings. The Bertz CT molecular complexity index is 507. The van der Waals surface area contributed by atoms with E-state index >= 15 is 0 Å². The molecule has 1 atom stereocenters. The van der Waals surface area contributed by atoms with Gasteiger partial charge in [-0.15, -0.1) is 0 Å². The zero-order chi connectivity index (χ0) is 15.8. The first-order chi connectivity index (χ1) is 9.88. The molecule has 114 valence electrons. The van der Waals surface area contributed by atoms with Crippen molar-refractivity contribution in [3.05, 3.63) is 35.9 Å². The lowest BCUT2D eigenvalue weighted by Gasteiger charge is -2.16. The minimum atomic E-state index is -0.990. The summed E-state index contributed by atoms with van der Waals surface area (Å²) in [7, 11) is 0. The van der Waals surface area contributed by atoms with E-state index in [1.54, 1.807) is 24.3 Å². The van der Waals surface area contributed by atoms with Crippen LogP contribution >= 0.6 is 0 Å². The van der Waals surface area contributed by atoms with Gasteiger partial charge in [0.25, 0.3) is 0 Å².